The number of benzene rings is 2. The van der Waals surface area contributed by atoms with Crippen molar-refractivity contribution in [2.75, 3.05) is 6.79 Å². The van der Waals surface area contributed by atoms with E-state index < -0.39 is 0 Å². The van der Waals surface area contributed by atoms with Gasteiger partial charge in [0.15, 0.2) is 11.5 Å². The van der Waals surface area contributed by atoms with Crippen LogP contribution in [0.25, 0.3) is 0 Å². The summed E-state index contributed by atoms with van der Waals surface area (Å²) in [7, 11) is 0. The summed E-state index contributed by atoms with van der Waals surface area (Å²) in [6, 6.07) is 14.2. The Morgan fingerprint density at radius 3 is 2.68 bits per heavy atom. The maximum Gasteiger partial charge on any atom is 0.231 e. The third kappa shape index (κ3) is 2.76. The van der Waals surface area contributed by atoms with Crippen molar-refractivity contribution in [3.63, 3.8) is 0 Å². The van der Waals surface area contributed by atoms with E-state index in [0.717, 1.165) is 17.1 Å². The molecule has 0 fully saturated rings. The van der Waals surface area contributed by atoms with Gasteiger partial charge in [-0.15, -0.1) is 0 Å². The molecule has 19 heavy (non-hydrogen) atoms. The first-order valence-electron chi connectivity index (χ1n) is 6.26. The lowest BCUT2D eigenvalue weighted by molar-refractivity contribution is 0.174. The number of rotatable bonds is 3. The van der Waals surface area contributed by atoms with Crippen LogP contribution in [0.1, 0.15) is 16.7 Å². The molecule has 3 nitrogen and oxygen atoms in total. The third-order valence-electron chi connectivity index (χ3n) is 3.03. The number of hydrogen-bond acceptors (Lipinski definition) is 3. The zero-order valence-corrected chi connectivity index (χ0v) is 10.8. The molecule has 1 heterocycles. The van der Waals surface area contributed by atoms with E-state index in [-0.39, 0.29) is 0 Å². The Morgan fingerprint density at radius 1 is 1.05 bits per heavy atom. The Hall–Kier alpha value is -2.29. The van der Waals surface area contributed by atoms with Crippen LogP contribution in [0.5, 0.6) is 11.5 Å². The molecule has 0 aliphatic carbocycles. The SMILES string of the molecule is Cc1ccc(CN=Cc2ccc3c(c2)OCO3)cc1. The fourth-order valence-electron chi connectivity index (χ4n) is 1.94. The second kappa shape index (κ2) is 5.14. The minimum Gasteiger partial charge on any atom is -0.454 e. The summed E-state index contributed by atoms with van der Waals surface area (Å²) in [5.74, 6) is 1.59. The number of ether oxygens (including phenoxy) is 2. The molecule has 0 spiro atoms. The first kappa shape index (κ1) is 11.8. The van der Waals surface area contributed by atoms with E-state index in [1.807, 2.05) is 24.4 Å². The lowest BCUT2D eigenvalue weighted by atomic mass is 10.1. The molecule has 0 atom stereocenters. The molecular formula is C16H15NO2. The Kier molecular flexibility index (Phi) is 3.19. The highest BCUT2D eigenvalue weighted by Crippen LogP contribution is 2.31. The number of fused-ring (bicyclic) bond motifs is 1. The fourth-order valence-corrected chi connectivity index (χ4v) is 1.94. The minimum absolute atomic E-state index is 0.305. The van der Waals surface area contributed by atoms with Gasteiger partial charge in [-0.3, -0.25) is 4.99 Å². The van der Waals surface area contributed by atoms with Crippen molar-refractivity contribution in [1.29, 1.82) is 0 Å². The van der Waals surface area contributed by atoms with E-state index in [1.54, 1.807) is 0 Å². The smallest absolute Gasteiger partial charge is 0.231 e. The summed E-state index contributed by atoms with van der Waals surface area (Å²) in [6.45, 7) is 3.08. The summed E-state index contributed by atoms with van der Waals surface area (Å²) >= 11 is 0. The van der Waals surface area contributed by atoms with E-state index in [9.17, 15) is 0 Å². The summed E-state index contributed by atoms with van der Waals surface area (Å²) in [4.78, 5) is 4.45. The third-order valence-corrected chi connectivity index (χ3v) is 3.03. The monoisotopic (exact) mass is 253 g/mol. The highest BCUT2D eigenvalue weighted by molar-refractivity contribution is 5.81. The van der Waals surface area contributed by atoms with Crippen LogP contribution in [0.15, 0.2) is 47.5 Å². The Balaban J connectivity index is 1.67. The van der Waals surface area contributed by atoms with Crippen LogP contribution >= 0.6 is 0 Å². The van der Waals surface area contributed by atoms with Crippen LogP contribution in [0.4, 0.5) is 0 Å². The number of nitrogens with zero attached hydrogens (tertiary/aromatic N) is 1. The van der Waals surface area contributed by atoms with Crippen LogP contribution in [-0.4, -0.2) is 13.0 Å². The molecule has 0 bridgehead atoms. The average molecular weight is 253 g/mol. The van der Waals surface area contributed by atoms with Crippen molar-refractivity contribution in [2.24, 2.45) is 4.99 Å². The number of aliphatic imine (C=N–C) groups is 1. The number of hydrogen-bond donors (Lipinski definition) is 0. The predicted octanol–water partition coefficient (Wildman–Crippen LogP) is 3.34. The number of aryl methyl sites for hydroxylation is 1. The molecule has 96 valence electrons. The molecule has 2 aromatic rings. The maximum atomic E-state index is 5.33. The van der Waals surface area contributed by atoms with Gasteiger partial charge in [-0.05, 0) is 36.2 Å². The van der Waals surface area contributed by atoms with E-state index in [0.29, 0.717) is 13.3 Å². The van der Waals surface area contributed by atoms with E-state index in [2.05, 4.69) is 36.2 Å². The van der Waals surface area contributed by atoms with Gasteiger partial charge in [0.1, 0.15) is 0 Å². The van der Waals surface area contributed by atoms with Gasteiger partial charge >= 0.3 is 0 Å². The van der Waals surface area contributed by atoms with Gasteiger partial charge in [0, 0.05) is 6.21 Å². The molecule has 3 heteroatoms. The van der Waals surface area contributed by atoms with Gasteiger partial charge in [-0.25, -0.2) is 0 Å². The molecule has 0 N–H and O–H groups in total. The normalized spacial score (nSPS) is 13.1. The molecule has 2 aromatic carbocycles. The molecule has 1 aliphatic heterocycles. The second-order valence-electron chi connectivity index (χ2n) is 4.57. The van der Waals surface area contributed by atoms with Crippen LogP contribution < -0.4 is 9.47 Å². The van der Waals surface area contributed by atoms with Gasteiger partial charge in [0.05, 0.1) is 6.54 Å². The van der Waals surface area contributed by atoms with Crippen molar-refractivity contribution >= 4 is 6.21 Å². The highest BCUT2D eigenvalue weighted by atomic mass is 16.7. The molecule has 3 rings (SSSR count). The molecule has 0 unspecified atom stereocenters. The molecule has 0 aromatic heterocycles. The van der Waals surface area contributed by atoms with Crippen LogP contribution in [0.3, 0.4) is 0 Å². The lowest BCUT2D eigenvalue weighted by Crippen LogP contribution is -1.92. The summed E-state index contributed by atoms with van der Waals surface area (Å²) in [5.41, 5.74) is 3.50. The first-order chi connectivity index (χ1) is 9.31. The second-order valence-corrected chi connectivity index (χ2v) is 4.57. The van der Waals surface area contributed by atoms with Crippen molar-refractivity contribution in [2.45, 2.75) is 13.5 Å². The lowest BCUT2D eigenvalue weighted by Gasteiger charge is -1.99. The van der Waals surface area contributed by atoms with Gasteiger partial charge in [-0.1, -0.05) is 29.8 Å². The molecule has 1 aliphatic rings. The average Bonchev–Trinajstić information content (AvgIpc) is 2.88. The molecule has 0 radical (unpaired) electrons. The molecule has 0 saturated heterocycles. The van der Waals surface area contributed by atoms with Gasteiger partial charge in [-0.2, -0.15) is 0 Å². The summed E-state index contributed by atoms with van der Waals surface area (Å²) in [6.07, 6.45) is 1.86. The van der Waals surface area contributed by atoms with Crippen molar-refractivity contribution in [1.82, 2.24) is 0 Å². The van der Waals surface area contributed by atoms with Gasteiger partial charge in [0.2, 0.25) is 6.79 Å². The Labute approximate surface area is 112 Å². The van der Waals surface area contributed by atoms with Crippen LogP contribution in [-0.2, 0) is 6.54 Å². The fraction of sp³-hybridized carbons (Fsp3) is 0.188. The Morgan fingerprint density at radius 2 is 1.84 bits per heavy atom. The largest absolute Gasteiger partial charge is 0.454 e. The zero-order valence-electron chi connectivity index (χ0n) is 10.8. The van der Waals surface area contributed by atoms with Crippen molar-refractivity contribution in [3.05, 3.63) is 59.2 Å². The minimum atomic E-state index is 0.305. The summed E-state index contributed by atoms with van der Waals surface area (Å²) in [5, 5.41) is 0. The summed E-state index contributed by atoms with van der Waals surface area (Å²) < 4.78 is 10.6. The zero-order chi connectivity index (χ0) is 13.1. The van der Waals surface area contributed by atoms with Gasteiger partial charge < -0.3 is 9.47 Å². The van der Waals surface area contributed by atoms with Crippen molar-refractivity contribution in [3.8, 4) is 11.5 Å². The first-order valence-corrected chi connectivity index (χ1v) is 6.26. The molecule has 0 amide bonds. The van der Waals surface area contributed by atoms with E-state index in [4.69, 9.17) is 9.47 Å². The molecular weight excluding hydrogens is 238 g/mol. The van der Waals surface area contributed by atoms with Crippen LogP contribution in [0.2, 0.25) is 0 Å². The molecule has 0 saturated carbocycles. The predicted molar refractivity (Wildman–Crippen MR) is 75.0 cm³/mol. The highest BCUT2D eigenvalue weighted by Gasteiger charge is 2.12. The topological polar surface area (TPSA) is 30.8 Å². The van der Waals surface area contributed by atoms with E-state index >= 15 is 0 Å². The van der Waals surface area contributed by atoms with Crippen LogP contribution in [0, 0.1) is 6.92 Å². The Bertz CT molecular complexity index is 603. The van der Waals surface area contributed by atoms with Crippen molar-refractivity contribution < 1.29 is 9.47 Å². The van der Waals surface area contributed by atoms with Gasteiger partial charge in [0.25, 0.3) is 0 Å². The van der Waals surface area contributed by atoms with E-state index in [1.165, 1.54) is 11.1 Å². The quantitative estimate of drug-likeness (QED) is 0.785. The maximum absolute atomic E-state index is 5.33. The standard InChI is InChI=1S/C16H15NO2/c1-12-2-4-13(5-3-12)9-17-10-14-6-7-15-16(8-14)19-11-18-15/h2-8,10H,9,11H2,1H3.